The lowest BCUT2D eigenvalue weighted by Crippen LogP contribution is -1.93. The van der Waals surface area contributed by atoms with Gasteiger partial charge < -0.3 is 4.74 Å². The average Bonchev–Trinajstić information content (AvgIpc) is 2.65. The predicted octanol–water partition coefficient (Wildman–Crippen LogP) is 6.43. The molecule has 3 rings (SSSR count). The molecular formula is C18H11Cl2FN2O5. The predicted molar refractivity (Wildman–Crippen MR) is 103 cm³/mol. The van der Waals surface area contributed by atoms with Gasteiger partial charge in [0.15, 0.2) is 0 Å². The minimum Gasteiger partial charge on any atom is -0.449 e. The first kappa shape index (κ1) is 21.1. The quantitative estimate of drug-likeness (QED) is 0.355. The molecule has 0 fully saturated rings. The van der Waals surface area contributed by atoms with Gasteiger partial charge in [-0.05, 0) is 30.3 Å². The topological polar surface area (TPSA) is 95.5 Å². The Bertz CT molecular complexity index is 1020. The maximum absolute atomic E-state index is 12.4. The van der Waals surface area contributed by atoms with Crippen molar-refractivity contribution >= 4 is 34.6 Å². The van der Waals surface area contributed by atoms with E-state index in [2.05, 4.69) is 0 Å². The lowest BCUT2D eigenvalue weighted by molar-refractivity contribution is -0.387. The van der Waals surface area contributed by atoms with Crippen LogP contribution in [-0.2, 0) is 0 Å². The summed E-state index contributed by atoms with van der Waals surface area (Å²) in [6, 6.07) is 15.7. The van der Waals surface area contributed by atoms with Gasteiger partial charge in [0.25, 0.3) is 0 Å². The first-order valence-electron chi connectivity index (χ1n) is 7.55. The molecule has 3 aromatic carbocycles. The largest absolute Gasteiger partial charge is 0.449 e. The molecule has 0 aliphatic carbocycles. The Morgan fingerprint density at radius 3 is 1.89 bits per heavy atom. The number of halogens is 3. The van der Waals surface area contributed by atoms with Crippen LogP contribution in [0.25, 0.3) is 0 Å². The van der Waals surface area contributed by atoms with Gasteiger partial charge in [-0.3, -0.25) is 20.2 Å². The van der Waals surface area contributed by atoms with Crippen LogP contribution in [0.15, 0.2) is 66.7 Å². The summed E-state index contributed by atoms with van der Waals surface area (Å²) < 4.78 is 17.8. The molecule has 28 heavy (non-hydrogen) atoms. The van der Waals surface area contributed by atoms with E-state index < -0.39 is 21.4 Å². The zero-order valence-corrected chi connectivity index (χ0v) is 15.4. The summed E-state index contributed by atoms with van der Waals surface area (Å²) in [5.41, 5.74) is -0.606. The molecule has 0 aromatic heterocycles. The second-order valence-corrected chi connectivity index (χ2v) is 5.95. The molecule has 0 aliphatic rings. The summed E-state index contributed by atoms with van der Waals surface area (Å²) in [6.07, 6.45) is 0. The molecule has 10 heteroatoms. The zero-order chi connectivity index (χ0) is 20.7. The molecular weight excluding hydrogens is 414 g/mol. The van der Waals surface area contributed by atoms with Gasteiger partial charge >= 0.3 is 11.4 Å². The van der Waals surface area contributed by atoms with Gasteiger partial charge in [0.2, 0.25) is 11.6 Å². The third kappa shape index (κ3) is 5.63. The van der Waals surface area contributed by atoms with Crippen molar-refractivity contribution in [3.8, 4) is 11.5 Å². The van der Waals surface area contributed by atoms with E-state index in [1.165, 1.54) is 30.3 Å². The molecule has 0 heterocycles. The van der Waals surface area contributed by atoms with Gasteiger partial charge in [0.05, 0.1) is 14.9 Å². The van der Waals surface area contributed by atoms with Gasteiger partial charge in [-0.15, -0.1) is 0 Å². The second-order valence-electron chi connectivity index (χ2n) is 5.11. The van der Waals surface area contributed by atoms with Crippen molar-refractivity contribution in [1.82, 2.24) is 0 Å². The molecule has 0 amide bonds. The smallest absolute Gasteiger partial charge is 0.311 e. The lowest BCUT2D eigenvalue weighted by atomic mass is 10.3. The average molecular weight is 425 g/mol. The van der Waals surface area contributed by atoms with Crippen molar-refractivity contribution in [2.45, 2.75) is 0 Å². The normalized spacial score (nSPS) is 9.82. The van der Waals surface area contributed by atoms with Crippen LogP contribution in [-0.4, -0.2) is 9.85 Å². The van der Waals surface area contributed by atoms with Crippen LogP contribution in [0.1, 0.15) is 0 Å². The number of rotatable bonds is 4. The molecule has 0 saturated heterocycles. The molecule has 0 spiro atoms. The van der Waals surface area contributed by atoms with E-state index >= 15 is 0 Å². The Hall–Kier alpha value is -3.23. The van der Waals surface area contributed by atoms with E-state index in [0.29, 0.717) is 15.8 Å². The molecule has 0 bridgehead atoms. The van der Waals surface area contributed by atoms with Crippen LogP contribution in [0, 0.1) is 26.0 Å². The van der Waals surface area contributed by atoms with Crippen LogP contribution in [0.4, 0.5) is 15.8 Å². The van der Waals surface area contributed by atoms with Gasteiger partial charge in [-0.2, -0.15) is 4.39 Å². The van der Waals surface area contributed by atoms with Crippen LogP contribution >= 0.6 is 23.2 Å². The molecule has 144 valence electrons. The van der Waals surface area contributed by atoms with Crippen molar-refractivity contribution in [3.05, 3.63) is 103 Å². The van der Waals surface area contributed by atoms with Crippen LogP contribution in [0.2, 0.25) is 10.0 Å². The van der Waals surface area contributed by atoms with E-state index in [0.717, 1.165) is 12.1 Å². The zero-order valence-electron chi connectivity index (χ0n) is 13.9. The van der Waals surface area contributed by atoms with Gasteiger partial charge in [0.1, 0.15) is 5.75 Å². The fraction of sp³-hybridized carbons (Fsp3) is 0. The molecule has 3 aromatic rings. The summed E-state index contributed by atoms with van der Waals surface area (Å²) in [7, 11) is 0. The van der Waals surface area contributed by atoms with Crippen molar-refractivity contribution in [1.29, 1.82) is 0 Å². The van der Waals surface area contributed by atoms with Crippen molar-refractivity contribution in [3.63, 3.8) is 0 Å². The lowest BCUT2D eigenvalue weighted by Gasteiger charge is -2.07. The van der Waals surface area contributed by atoms with E-state index in [-0.39, 0.29) is 11.4 Å². The highest BCUT2D eigenvalue weighted by Crippen LogP contribution is 2.35. The summed E-state index contributed by atoms with van der Waals surface area (Å²) in [6.45, 7) is 0. The summed E-state index contributed by atoms with van der Waals surface area (Å²) >= 11 is 11.7. The minimum absolute atomic E-state index is 0.122. The Morgan fingerprint density at radius 1 is 0.786 bits per heavy atom. The SMILES string of the molecule is O=[N+]([O-])c1ccccc1F.O=[N+]([O-])c1ccccc1Oc1ccc(Cl)cc1Cl. The Morgan fingerprint density at radius 2 is 1.36 bits per heavy atom. The fourth-order valence-corrected chi connectivity index (χ4v) is 2.42. The second kappa shape index (κ2) is 9.63. The number of nitro groups is 2. The third-order valence-corrected chi connectivity index (χ3v) is 3.76. The maximum Gasteiger partial charge on any atom is 0.311 e. The van der Waals surface area contributed by atoms with E-state index in [4.69, 9.17) is 27.9 Å². The third-order valence-electron chi connectivity index (χ3n) is 3.22. The van der Waals surface area contributed by atoms with Crippen LogP contribution in [0.3, 0.4) is 0 Å². The minimum atomic E-state index is -0.799. The van der Waals surface area contributed by atoms with Crippen molar-refractivity contribution in [2.24, 2.45) is 0 Å². The number of ether oxygens (including phenoxy) is 1. The molecule has 0 radical (unpaired) electrons. The first-order chi connectivity index (χ1) is 13.3. The highest BCUT2D eigenvalue weighted by molar-refractivity contribution is 6.35. The van der Waals surface area contributed by atoms with Crippen molar-refractivity contribution in [2.75, 3.05) is 0 Å². The number of hydrogen-bond acceptors (Lipinski definition) is 5. The standard InChI is InChI=1S/C12H7Cl2NO3.C6H4FNO2/c13-8-5-6-11(9(14)7-8)18-12-4-2-1-3-10(12)15(16)17;7-5-3-1-2-4-6(5)8(9)10/h1-7H;1-4H. The Kier molecular flexibility index (Phi) is 7.25. The first-order valence-corrected chi connectivity index (χ1v) is 8.30. The van der Waals surface area contributed by atoms with Crippen molar-refractivity contribution < 1.29 is 19.0 Å². The maximum atomic E-state index is 12.4. The molecule has 0 N–H and O–H groups in total. The Labute approximate surface area is 168 Å². The summed E-state index contributed by atoms with van der Waals surface area (Å²) in [5.74, 6) is -0.352. The van der Waals surface area contributed by atoms with Crippen LogP contribution in [0.5, 0.6) is 11.5 Å². The monoisotopic (exact) mass is 424 g/mol. The molecule has 0 aliphatic heterocycles. The number of para-hydroxylation sites is 3. The number of nitrogens with zero attached hydrogens (tertiary/aromatic N) is 2. The molecule has 7 nitrogen and oxygen atoms in total. The number of benzene rings is 3. The molecule has 0 unspecified atom stereocenters. The van der Waals surface area contributed by atoms with E-state index in [1.54, 1.807) is 24.3 Å². The van der Waals surface area contributed by atoms with E-state index in [9.17, 15) is 24.6 Å². The summed E-state index contributed by atoms with van der Waals surface area (Å²) in [4.78, 5) is 19.5. The van der Waals surface area contributed by atoms with Gasteiger partial charge in [-0.1, -0.05) is 47.5 Å². The highest BCUT2D eigenvalue weighted by Gasteiger charge is 2.15. The Balaban J connectivity index is 0.000000237. The number of nitro benzene ring substituents is 2. The van der Waals surface area contributed by atoms with Gasteiger partial charge in [-0.25, -0.2) is 0 Å². The molecule has 0 atom stereocenters. The van der Waals surface area contributed by atoms with Gasteiger partial charge in [0, 0.05) is 17.2 Å². The van der Waals surface area contributed by atoms with Crippen LogP contribution < -0.4 is 4.74 Å². The molecule has 0 saturated carbocycles. The van der Waals surface area contributed by atoms with E-state index in [1.807, 2.05) is 0 Å². The highest BCUT2D eigenvalue weighted by atomic mass is 35.5. The number of hydrogen-bond donors (Lipinski definition) is 0. The fourth-order valence-electron chi connectivity index (χ4n) is 1.97. The summed E-state index contributed by atoms with van der Waals surface area (Å²) in [5, 5.41) is 21.6.